The molecule has 6 nitrogen and oxygen atoms in total. The topological polar surface area (TPSA) is 87.3 Å². The summed E-state index contributed by atoms with van der Waals surface area (Å²) in [5, 5.41) is 5.62. The van der Waals surface area contributed by atoms with Gasteiger partial charge in [0, 0.05) is 21.4 Å². The molecule has 31 heavy (non-hydrogen) atoms. The molecule has 0 unspecified atom stereocenters. The third-order valence-electron chi connectivity index (χ3n) is 4.28. The number of carbonyl (C=O) groups excluding carboxylic acids is 1. The molecule has 0 spiro atoms. The zero-order valence-corrected chi connectivity index (χ0v) is 20.1. The lowest BCUT2D eigenvalue weighted by atomic mass is 10.2. The number of nitrogens with one attached hydrogen (secondary N) is 3. The second-order valence-corrected chi connectivity index (χ2v) is 10.00. The molecule has 1 amide bonds. The summed E-state index contributed by atoms with van der Waals surface area (Å²) in [5.41, 5.74) is 2.13. The van der Waals surface area contributed by atoms with Crippen LogP contribution in [0.15, 0.2) is 83.8 Å². The number of sulfonamides is 1. The summed E-state index contributed by atoms with van der Waals surface area (Å²) in [7, 11) is -3.62. The van der Waals surface area contributed by atoms with Gasteiger partial charge in [0.15, 0.2) is 5.11 Å². The van der Waals surface area contributed by atoms with E-state index in [-0.39, 0.29) is 15.9 Å². The number of thiocarbonyl (C=S) groups is 1. The van der Waals surface area contributed by atoms with Crippen LogP contribution >= 0.6 is 34.8 Å². The fraction of sp³-hybridized carbons (Fsp3) is 0.0909. The fourth-order valence-electron chi connectivity index (χ4n) is 2.74. The van der Waals surface area contributed by atoms with Crippen molar-refractivity contribution in [2.45, 2.75) is 11.3 Å². The van der Waals surface area contributed by atoms with Crippen LogP contribution in [0.25, 0.3) is 0 Å². The Balaban J connectivity index is 1.54. The first-order chi connectivity index (χ1) is 14.8. The van der Waals surface area contributed by atoms with Crippen molar-refractivity contribution in [2.75, 3.05) is 11.9 Å². The maximum absolute atomic E-state index is 12.5. The second kappa shape index (κ2) is 10.8. The van der Waals surface area contributed by atoms with Crippen molar-refractivity contribution in [3.8, 4) is 0 Å². The first kappa shape index (κ1) is 23.3. The number of halogens is 1. The largest absolute Gasteiger partial charge is 0.332 e. The Bertz CT molecular complexity index is 1170. The smallest absolute Gasteiger partial charge is 0.257 e. The van der Waals surface area contributed by atoms with Crippen molar-refractivity contribution >= 4 is 61.5 Å². The van der Waals surface area contributed by atoms with Gasteiger partial charge in [-0.2, -0.15) is 0 Å². The van der Waals surface area contributed by atoms with Crippen molar-refractivity contribution < 1.29 is 13.2 Å². The van der Waals surface area contributed by atoms with Crippen LogP contribution in [0.2, 0.25) is 0 Å². The van der Waals surface area contributed by atoms with Crippen LogP contribution in [0.3, 0.4) is 0 Å². The van der Waals surface area contributed by atoms with Gasteiger partial charge in [-0.25, -0.2) is 13.1 Å². The average molecular weight is 565 g/mol. The predicted octanol–water partition coefficient (Wildman–Crippen LogP) is 3.94. The van der Waals surface area contributed by atoms with Gasteiger partial charge in [0.05, 0.1) is 4.90 Å². The van der Waals surface area contributed by atoms with Crippen molar-refractivity contribution in [3.05, 3.63) is 93.6 Å². The molecule has 3 rings (SSSR count). The molecule has 0 aliphatic carbocycles. The van der Waals surface area contributed by atoms with E-state index in [1.54, 1.807) is 30.3 Å². The Hall–Kier alpha value is -2.34. The van der Waals surface area contributed by atoms with Crippen LogP contribution < -0.4 is 15.4 Å². The minimum atomic E-state index is -3.62. The van der Waals surface area contributed by atoms with E-state index in [0.717, 1.165) is 9.13 Å². The summed E-state index contributed by atoms with van der Waals surface area (Å²) in [6.45, 7) is 0.306. The highest BCUT2D eigenvalue weighted by Gasteiger charge is 2.14. The maximum atomic E-state index is 12.5. The molecule has 3 aromatic carbocycles. The van der Waals surface area contributed by atoms with Crippen LogP contribution in [-0.4, -0.2) is 26.0 Å². The van der Waals surface area contributed by atoms with Gasteiger partial charge in [0.1, 0.15) is 0 Å². The third-order valence-corrected chi connectivity index (χ3v) is 6.64. The molecule has 0 saturated carbocycles. The highest BCUT2D eigenvalue weighted by Crippen LogP contribution is 2.14. The van der Waals surface area contributed by atoms with Gasteiger partial charge < -0.3 is 5.32 Å². The molecule has 160 valence electrons. The van der Waals surface area contributed by atoms with Gasteiger partial charge >= 0.3 is 0 Å². The minimum absolute atomic E-state index is 0.125. The lowest BCUT2D eigenvalue weighted by Gasteiger charge is -2.11. The number of benzene rings is 3. The molecule has 0 heterocycles. The summed E-state index contributed by atoms with van der Waals surface area (Å²) < 4.78 is 28.5. The maximum Gasteiger partial charge on any atom is 0.257 e. The van der Waals surface area contributed by atoms with Crippen molar-refractivity contribution in [1.29, 1.82) is 0 Å². The van der Waals surface area contributed by atoms with Crippen LogP contribution in [0.5, 0.6) is 0 Å². The first-order valence-electron chi connectivity index (χ1n) is 9.35. The van der Waals surface area contributed by atoms with E-state index in [9.17, 15) is 13.2 Å². The molecule has 0 radical (unpaired) electrons. The van der Waals surface area contributed by atoms with E-state index < -0.39 is 10.0 Å². The van der Waals surface area contributed by atoms with Gasteiger partial charge in [-0.1, -0.05) is 36.4 Å². The van der Waals surface area contributed by atoms with Gasteiger partial charge in [0.25, 0.3) is 5.91 Å². The van der Waals surface area contributed by atoms with E-state index in [2.05, 4.69) is 37.9 Å². The van der Waals surface area contributed by atoms with E-state index >= 15 is 0 Å². The van der Waals surface area contributed by atoms with E-state index in [0.29, 0.717) is 24.2 Å². The molecule has 0 aromatic heterocycles. The van der Waals surface area contributed by atoms with Crippen LogP contribution in [0.4, 0.5) is 5.69 Å². The molecular formula is C22H20IN3O3S2. The van der Waals surface area contributed by atoms with Gasteiger partial charge in [-0.05, 0) is 89.3 Å². The van der Waals surface area contributed by atoms with Crippen molar-refractivity contribution in [2.24, 2.45) is 0 Å². The quantitative estimate of drug-likeness (QED) is 0.299. The fourth-order valence-corrected chi connectivity index (χ4v) is 4.53. The predicted molar refractivity (Wildman–Crippen MR) is 135 cm³/mol. The standard InChI is InChI=1S/C22H20IN3O3S2/c23-18-8-4-7-17(15-18)21(27)26-22(30)25-19-9-11-20(12-10-19)31(28,29)24-14-13-16-5-2-1-3-6-16/h1-12,15,24H,13-14H2,(H2,25,26,27,30). The SMILES string of the molecule is O=C(NC(=S)Nc1ccc(S(=O)(=O)NCCc2ccccc2)cc1)c1cccc(I)c1. The first-order valence-corrected chi connectivity index (χ1v) is 12.3. The Morgan fingerprint density at radius 3 is 2.32 bits per heavy atom. The molecule has 0 fully saturated rings. The molecule has 0 aliphatic heterocycles. The number of hydrogen-bond acceptors (Lipinski definition) is 4. The molecule has 0 saturated heterocycles. The average Bonchev–Trinajstić information content (AvgIpc) is 2.74. The zero-order valence-electron chi connectivity index (χ0n) is 16.3. The monoisotopic (exact) mass is 565 g/mol. The number of amides is 1. The molecule has 0 aliphatic rings. The highest BCUT2D eigenvalue weighted by molar-refractivity contribution is 14.1. The highest BCUT2D eigenvalue weighted by atomic mass is 127. The van der Waals surface area contributed by atoms with Crippen molar-refractivity contribution in [1.82, 2.24) is 10.0 Å². The second-order valence-electron chi connectivity index (χ2n) is 6.58. The molecule has 0 bridgehead atoms. The van der Waals surface area contributed by atoms with E-state index in [1.807, 2.05) is 36.4 Å². The lowest BCUT2D eigenvalue weighted by molar-refractivity contribution is 0.0977. The van der Waals surface area contributed by atoms with Crippen LogP contribution in [-0.2, 0) is 16.4 Å². The van der Waals surface area contributed by atoms with Crippen LogP contribution in [0, 0.1) is 3.57 Å². The molecule has 9 heteroatoms. The van der Waals surface area contributed by atoms with Crippen LogP contribution in [0.1, 0.15) is 15.9 Å². The number of hydrogen-bond donors (Lipinski definition) is 3. The summed E-state index contributed by atoms with van der Waals surface area (Å²) >= 11 is 7.31. The Morgan fingerprint density at radius 1 is 0.935 bits per heavy atom. The number of carbonyl (C=O) groups is 1. The summed E-state index contributed by atoms with van der Waals surface area (Å²) in [5.74, 6) is -0.321. The van der Waals surface area contributed by atoms with Crippen molar-refractivity contribution in [3.63, 3.8) is 0 Å². The molecule has 3 aromatic rings. The van der Waals surface area contributed by atoms with E-state index in [4.69, 9.17) is 12.2 Å². The summed E-state index contributed by atoms with van der Waals surface area (Å²) in [6, 6.07) is 23.0. The molecule has 3 N–H and O–H groups in total. The summed E-state index contributed by atoms with van der Waals surface area (Å²) in [6.07, 6.45) is 0.605. The molecule has 0 atom stereocenters. The Labute approximate surface area is 200 Å². The minimum Gasteiger partial charge on any atom is -0.332 e. The summed E-state index contributed by atoms with van der Waals surface area (Å²) in [4.78, 5) is 12.4. The number of anilines is 1. The third kappa shape index (κ3) is 7.10. The van der Waals surface area contributed by atoms with E-state index in [1.165, 1.54) is 12.1 Å². The Kier molecular flexibility index (Phi) is 8.13. The normalized spacial score (nSPS) is 11.0. The Morgan fingerprint density at radius 2 is 1.65 bits per heavy atom. The van der Waals surface area contributed by atoms with Gasteiger partial charge in [-0.15, -0.1) is 0 Å². The molecular weight excluding hydrogens is 545 g/mol. The van der Waals surface area contributed by atoms with Gasteiger partial charge in [0.2, 0.25) is 10.0 Å². The van der Waals surface area contributed by atoms with Gasteiger partial charge in [-0.3, -0.25) is 10.1 Å². The number of rotatable bonds is 7. The zero-order chi connectivity index (χ0) is 22.3. The lowest BCUT2D eigenvalue weighted by Crippen LogP contribution is -2.34.